The van der Waals surface area contributed by atoms with Crippen molar-refractivity contribution in [3.63, 3.8) is 0 Å². The fourth-order valence-electron chi connectivity index (χ4n) is 2.96. The SMILES string of the molecule is CC(O)CC(C)(C)CNC(C)c1nc2ccc(Cl)cc2n1C. The van der Waals surface area contributed by atoms with E-state index in [1.165, 1.54) is 0 Å². The van der Waals surface area contributed by atoms with E-state index in [4.69, 9.17) is 16.6 Å². The first-order valence-electron chi connectivity index (χ1n) is 7.73. The Hall–Kier alpha value is -1.10. The van der Waals surface area contributed by atoms with Crippen molar-refractivity contribution in [3.8, 4) is 0 Å². The lowest BCUT2D eigenvalue weighted by atomic mass is 9.87. The second kappa shape index (κ2) is 6.57. The maximum Gasteiger partial charge on any atom is 0.126 e. The number of aryl methyl sites for hydroxylation is 1. The predicted molar refractivity (Wildman–Crippen MR) is 92.2 cm³/mol. The number of fused-ring (bicyclic) bond motifs is 1. The van der Waals surface area contributed by atoms with Crippen molar-refractivity contribution in [2.45, 2.75) is 46.3 Å². The summed E-state index contributed by atoms with van der Waals surface area (Å²) in [6.45, 7) is 9.09. The predicted octanol–water partition coefficient (Wildman–Crippen LogP) is 3.67. The van der Waals surface area contributed by atoms with Crippen LogP contribution in [0.3, 0.4) is 0 Å². The Bertz CT molecular complexity index is 649. The highest BCUT2D eigenvalue weighted by atomic mass is 35.5. The zero-order valence-corrected chi connectivity index (χ0v) is 14.8. The molecule has 122 valence electrons. The third-order valence-corrected chi connectivity index (χ3v) is 4.23. The lowest BCUT2D eigenvalue weighted by molar-refractivity contribution is 0.126. The van der Waals surface area contributed by atoms with E-state index >= 15 is 0 Å². The van der Waals surface area contributed by atoms with Gasteiger partial charge in [-0.05, 0) is 43.9 Å². The minimum Gasteiger partial charge on any atom is -0.393 e. The molecule has 2 aromatic rings. The molecule has 2 N–H and O–H groups in total. The van der Waals surface area contributed by atoms with Crippen LogP contribution in [0.5, 0.6) is 0 Å². The molecular formula is C17H26ClN3O. The maximum atomic E-state index is 9.58. The Balaban J connectivity index is 2.13. The van der Waals surface area contributed by atoms with Crippen LogP contribution in [0.25, 0.3) is 11.0 Å². The van der Waals surface area contributed by atoms with Crippen LogP contribution in [0.1, 0.15) is 46.0 Å². The average molecular weight is 324 g/mol. The molecule has 0 spiro atoms. The zero-order valence-electron chi connectivity index (χ0n) is 14.0. The number of hydrogen-bond donors (Lipinski definition) is 2. The average Bonchev–Trinajstić information content (AvgIpc) is 2.72. The number of nitrogens with zero attached hydrogens (tertiary/aromatic N) is 2. The third kappa shape index (κ3) is 4.00. The quantitative estimate of drug-likeness (QED) is 0.852. The van der Waals surface area contributed by atoms with Gasteiger partial charge >= 0.3 is 0 Å². The normalized spacial score (nSPS) is 15.2. The van der Waals surface area contributed by atoms with Crippen molar-refractivity contribution < 1.29 is 5.11 Å². The van der Waals surface area contributed by atoms with E-state index < -0.39 is 0 Å². The second-order valence-corrected chi connectivity index (χ2v) is 7.42. The van der Waals surface area contributed by atoms with Gasteiger partial charge in [-0.2, -0.15) is 0 Å². The standard InChI is InChI=1S/C17H26ClN3O/c1-11(22)9-17(3,4)10-19-12(2)16-20-14-7-6-13(18)8-15(14)21(16)5/h6-8,11-12,19,22H,9-10H2,1-5H3. The summed E-state index contributed by atoms with van der Waals surface area (Å²) in [7, 11) is 2.01. The van der Waals surface area contributed by atoms with Crippen molar-refractivity contribution >= 4 is 22.6 Å². The van der Waals surface area contributed by atoms with Crippen LogP contribution in [-0.4, -0.2) is 27.3 Å². The van der Waals surface area contributed by atoms with E-state index in [2.05, 4.69) is 30.7 Å². The Kier molecular flexibility index (Phi) is 5.15. The second-order valence-electron chi connectivity index (χ2n) is 6.98. The molecule has 0 aliphatic rings. The number of benzene rings is 1. The molecule has 22 heavy (non-hydrogen) atoms. The van der Waals surface area contributed by atoms with Gasteiger partial charge in [0.05, 0.1) is 23.2 Å². The van der Waals surface area contributed by atoms with Crippen LogP contribution in [0, 0.1) is 5.41 Å². The molecule has 0 saturated heterocycles. The summed E-state index contributed by atoms with van der Waals surface area (Å²) in [6.07, 6.45) is 0.482. The molecule has 2 unspecified atom stereocenters. The van der Waals surface area contributed by atoms with Gasteiger partial charge in [0, 0.05) is 18.6 Å². The summed E-state index contributed by atoms with van der Waals surface area (Å²) < 4.78 is 2.08. The number of aromatic nitrogens is 2. The summed E-state index contributed by atoms with van der Waals surface area (Å²) in [5.41, 5.74) is 2.04. The monoisotopic (exact) mass is 323 g/mol. The Morgan fingerprint density at radius 2 is 2.05 bits per heavy atom. The number of aliphatic hydroxyl groups excluding tert-OH is 1. The molecule has 0 radical (unpaired) electrons. The van der Waals surface area contributed by atoms with E-state index in [9.17, 15) is 5.11 Å². The molecule has 2 rings (SSSR count). The smallest absolute Gasteiger partial charge is 0.126 e. The summed E-state index contributed by atoms with van der Waals surface area (Å²) in [6, 6.07) is 5.89. The van der Waals surface area contributed by atoms with E-state index in [0.717, 1.165) is 34.8 Å². The van der Waals surface area contributed by atoms with Crippen molar-refractivity contribution in [1.82, 2.24) is 14.9 Å². The topological polar surface area (TPSA) is 50.1 Å². The number of hydrogen-bond acceptors (Lipinski definition) is 3. The fourth-order valence-corrected chi connectivity index (χ4v) is 3.13. The number of nitrogens with one attached hydrogen (secondary N) is 1. The van der Waals surface area contributed by atoms with Crippen LogP contribution in [0.15, 0.2) is 18.2 Å². The van der Waals surface area contributed by atoms with Crippen LogP contribution >= 0.6 is 11.6 Å². The van der Waals surface area contributed by atoms with Gasteiger partial charge in [-0.15, -0.1) is 0 Å². The summed E-state index contributed by atoms with van der Waals surface area (Å²) in [5.74, 6) is 0.991. The number of imidazole rings is 1. The van der Waals surface area contributed by atoms with Gasteiger partial charge in [0.2, 0.25) is 0 Å². The molecule has 0 saturated carbocycles. The molecule has 5 heteroatoms. The molecule has 1 aromatic heterocycles. The van der Waals surface area contributed by atoms with Crippen molar-refractivity contribution in [2.75, 3.05) is 6.54 Å². The van der Waals surface area contributed by atoms with Gasteiger partial charge in [0.1, 0.15) is 5.82 Å². The van der Waals surface area contributed by atoms with E-state index in [-0.39, 0.29) is 17.6 Å². The van der Waals surface area contributed by atoms with Gasteiger partial charge in [-0.25, -0.2) is 4.98 Å². The molecule has 1 aromatic carbocycles. The van der Waals surface area contributed by atoms with Gasteiger partial charge in [-0.1, -0.05) is 25.4 Å². The van der Waals surface area contributed by atoms with Crippen LogP contribution in [-0.2, 0) is 7.05 Å². The first-order valence-corrected chi connectivity index (χ1v) is 8.11. The van der Waals surface area contributed by atoms with E-state index in [1.807, 2.05) is 32.2 Å². The minimum absolute atomic E-state index is 0.0380. The van der Waals surface area contributed by atoms with Gasteiger partial charge in [0.25, 0.3) is 0 Å². The minimum atomic E-state index is -0.287. The van der Waals surface area contributed by atoms with E-state index in [0.29, 0.717) is 0 Å². The first-order chi connectivity index (χ1) is 10.2. The molecule has 1 heterocycles. The van der Waals surface area contributed by atoms with Crippen molar-refractivity contribution in [2.24, 2.45) is 12.5 Å². The summed E-state index contributed by atoms with van der Waals surface area (Å²) in [4.78, 5) is 4.71. The Morgan fingerprint density at radius 1 is 1.36 bits per heavy atom. The third-order valence-electron chi connectivity index (χ3n) is 4.00. The summed E-state index contributed by atoms with van der Waals surface area (Å²) >= 11 is 6.07. The van der Waals surface area contributed by atoms with Crippen LogP contribution in [0.4, 0.5) is 0 Å². The molecule has 0 aliphatic carbocycles. The van der Waals surface area contributed by atoms with Gasteiger partial charge in [0.15, 0.2) is 0 Å². The Morgan fingerprint density at radius 3 is 2.68 bits per heavy atom. The fraction of sp³-hybridized carbons (Fsp3) is 0.588. The van der Waals surface area contributed by atoms with Crippen molar-refractivity contribution in [1.29, 1.82) is 0 Å². The number of aliphatic hydroxyl groups is 1. The first kappa shape index (κ1) is 17.3. The van der Waals surface area contributed by atoms with E-state index in [1.54, 1.807) is 0 Å². The molecule has 0 fully saturated rings. The zero-order chi connectivity index (χ0) is 16.5. The van der Waals surface area contributed by atoms with Crippen LogP contribution < -0.4 is 5.32 Å². The largest absolute Gasteiger partial charge is 0.393 e. The highest BCUT2D eigenvalue weighted by molar-refractivity contribution is 6.31. The summed E-state index contributed by atoms with van der Waals surface area (Å²) in [5, 5.41) is 13.8. The molecule has 2 atom stereocenters. The Labute approximate surface area is 137 Å². The highest BCUT2D eigenvalue weighted by Gasteiger charge is 2.22. The lowest BCUT2D eigenvalue weighted by Crippen LogP contribution is -2.34. The van der Waals surface area contributed by atoms with Gasteiger partial charge in [-0.3, -0.25) is 0 Å². The lowest BCUT2D eigenvalue weighted by Gasteiger charge is -2.28. The van der Waals surface area contributed by atoms with Crippen molar-refractivity contribution in [3.05, 3.63) is 29.0 Å². The molecule has 0 amide bonds. The maximum absolute atomic E-state index is 9.58. The molecule has 0 bridgehead atoms. The molecular weight excluding hydrogens is 298 g/mol. The highest BCUT2D eigenvalue weighted by Crippen LogP contribution is 2.25. The number of halogens is 1. The molecule has 0 aliphatic heterocycles. The molecule has 4 nitrogen and oxygen atoms in total. The number of rotatable bonds is 6. The van der Waals surface area contributed by atoms with Gasteiger partial charge < -0.3 is 15.0 Å². The van der Waals surface area contributed by atoms with Crippen LogP contribution in [0.2, 0.25) is 5.02 Å².